The van der Waals surface area contributed by atoms with Crippen molar-refractivity contribution in [2.24, 2.45) is 0 Å². The van der Waals surface area contributed by atoms with Gasteiger partial charge in [0.1, 0.15) is 5.76 Å². The van der Waals surface area contributed by atoms with Crippen molar-refractivity contribution in [3.63, 3.8) is 0 Å². The van der Waals surface area contributed by atoms with Gasteiger partial charge in [0.25, 0.3) is 11.7 Å². The molecule has 1 aromatic carbocycles. The number of aliphatic hydroxyl groups excluding tert-OH is 1. The van der Waals surface area contributed by atoms with Crippen LogP contribution in [0.1, 0.15) is 40.5 Å². The lowest BCUT2D eigenvalue weighted by molar-refractivity contribution is -0.139. The van der Waals surface area contributed by atoms with Crippen LogP contribution in [0.15, 0.2) is 34.3 Å². The van der Waals surface area contributed by atoms with E-state index in [4.69, 9.17) is 0 Å². The zero-order chi connectivity index (χ0) is 22.2. The Bertz CT molecular complexity index is 1020. The first-order valence-corrected chi connectivity index (χ1v) is 10.8. The second kappa shape index (κ2) is 8.78. The van der Waals surface area contributed by atoms with Crippen LogP contribution in [-0.4, -0.2) is 58.8 Å². The van der Waals surface area contributed by atoms with E-state index in [0.717, 1.165) is 40.0 Å². The van der Waals surface area contributed by atoms with Gasteiger partial charge in [-0.1, -0.05) is 28.1 Å². The van der Waals surface area contributed by atoms with Gasteiger partial charge in [0.2, 0.25) is 0 Å². The standard InChI is InChI=1S/C23H28BrN3O3/c1-13-14(2)25-15(3)18(13)21(28)19-20(16-8-6-9-17(24)12-16)27(23(30)22(19)29)11-7-10-26(4)5/h6,8-9,12,20,25,28H,7,10-11H2,1-5H3/b21-19+. The van der Waals surface area contributed by atoms with Gasteiger partial charge in [-0.15, -0.1) is 0 Å². The molecular formula is C23H28BrN3O3. The maximum absolute atomic E-state index is 13.1. The maximum atomic E-state index is 13.1. The van der Waals surface area contributed by atoms with Gasteiger partial charge in [0, 0.05) is 28.0 Å². The van der Waals surface area contributed by atoms with Crippen LogP contribution >= 0.6 is 15.9 Å². The number of halogens is 1. The summed E-state index contributed by atoms with van der Waals surface area (Å²) in [5, 5.41) is 11.3. The number of amides is 1. The summed E-state index contributed by atoms with van der Waals surface area (Å²) in [5.74, 6) is -1.32. The topological polar surface area (TPSA) is 76.6 Å². The summed E-state index contributed by atoms with van der Waals surface area (Å²) in [4.78, 5) is 32.9. The van der Waals surface area contributed by atoms with Crippen LogP contribution < -0.4 is 0 Å². The molecule has 0 aliphatic carbocycles. The number of rotatable bonds is 6. The number of aryl methyl sites for hydroxylation is 2. The van der Waals surface area contributed by atoms with E-state index in [0.29, 0.717) is 12.1 Å². The average Bonchev–Trinajstić information content (AvgIpc) is 3.07. The Morgan fingerprint density at radius 3 is 2.47 bits per heavy atom. The molecule has 0 spiro atoms. The first-order valence-electron chi connectivity index (χ1n) is 9.98. The Balaban J connectivity index is 2.16. The Hall–Kier alpha value is -2.38. The van der Waals surface area contributed by atoms with E-state index in [2.05, 4.69) is 20.9 Å². The normalized spacial score (nSPS) is 18.6. The highest BCUT2D eigenvalue weighted by molar-refractivity contribution is 9.10. The first kappa shape index (κ1) is 22.3. The predicted octanol–water partition coefficient (Wildman–Crippen LogP) is 4.08. The molecule has 160 valence electrons. The first-order chi connectivity index (χ1) is 14.1. The fraction of sp³-hybridized carbons (Fsp3) is 0.391. The van der Waals surface area contributed by atoms with E-state index in [1.54, 1.807) is 4.90 Å². The number of Topliss-reactive ketones (excluding diaryl/α,β-unsaturated/α-hetero) is 1. The van der Waals surface area contributed by atoms with Gasteiger partial charge < -0.3 is 19.9 Å². The number of likely N-dealkylation sites (tertiary alicyclic amines) is 1. The molecule has 3 rings (SSSR count). The molecule has 1 aromatic heterocycles. The van der Waals surface area contributed by atoms with Crippen molar-refractivity contribution in [2.45, 2.75) is 33.2 Å². The van der Waals surface area contributed by atoms with Gasteiger partial charge >= 0.3 is 0 Å². The van der Waals surface area contributed by atoms with Gasteiger partial charge in [0.15, 0.2) is 0 Å². The number of nitrogens with zero attached hydrogens (tertiary/aromatic N) is 2. The molecule has 30 heavy (non-hydrogen) atoms. The fourth-order valence-electron chi connectivity index (χ4n) is 4.09. The average molecular weight is 474 g/mol. The Labute approximate surface area is 185 Å². The molecular weight excluding hydrogens is 446 g/mol. The Morgan fingerprint density at radius 1 is 1.20 bits per heavy atom. The second-order valence-electron chi connectivity index (χ2n) is 8.08. The van der Waals surface area contributed by atoms with Crippen molar-refractivity contribution in [2.75, 3.05) is 27.2 Å². The molecule has 7 heteroatoms. The number of carbonyl (C=O) groups is 2. The van der Waals surface area contributed by atoms with E-state index < -0.39 is 17.7 Å². The number of aliphatic hydroxyl groups is 1. The van der Waals surface area contributed by atoms with Crippen molar-refractivity contribution >= 4 is 33.4 Å². The zero-order valence-electron chi connectivity index (χ0n) is 18.0. The van der Waals surface area contributed by atoms with E-state index >= 15 is 0 Å². The molecule has 2 aromatic rings. The summed E-state index contributed by atoms with van der Waals surface area (Å²) in [5.41, 5.74) is 4.10. The lowest BCUT2D eigenvalue weighted by Gasteiger charge is -2.26. The molecule has 6 nitrogen and oxygen atoms in total. The third-order valence-electron chi connectivity index (χ3n) is 5.63. The number of aromatic amines is 1. The van der Waals surface area contributed by atoms with Crippen molar-refractivity contribution in [3.05, 3.63) is 62.4 Å². The number of hydrogen-bond acceptors (Lipinski definition) is 4. The van der Waals surface area contributed by atoms with Crippen LogP contribution in [0.5, 0.6) is 0 Å². The molecule has 1 atom stereocenters. The molecule has 1 saturated heterocycles. The number of carbonyl (C=O) groups excluding carboxylic acids is 2. The fourth-order valence-corrected chi connectivity index (χ4v) is 4.50. The molecule has 2 heterocycles. The smallest absolute Gasteiger partial charge is 0.295 e. The maximum Gasteiger partial charge on any atom is 0.295 e. The minimum absolute atomic E-state index is 0.118. The highest BCUT2D eigenvalue weighted by atomic mass is 79.9. The summed E-state index contributed by atoms with van der Waals surface area (Å²) in [7, 11) is 3.94. The summed E-state index contributed by atoms with van der Waals surface area (Å²) in [6, 6.07) is 6.92. The van der Waals surface area contributed by atoms with Crippen molar-refractivity contribution < 1.29 is 14.7 Å². The van der Waals surface area contributed by atoms with Gasteiger partial charge in [0.05, 0.1) is 11.6 Å². The second-order valence-corrected chi connectivity index (χ2v) is 8.99. The number of aromatic nitrogens is 1. The Kier molecular flexibility index (Phi) is 6.53. The van der Waals surface area contributed by atoms with Crippen LogP contribution in [-0.2, 0) is 9.59 Å². The molecule has 1 unspecified atom stereocenters. The molecule has 1 aliphatic rings. The van der Waals surface area contributed by atoms with Crippen LogP contribution in [0, 0.1) is 20.8 Å². The molecule has 2 N–H and O–H groups in total. The highest BCUT2D eigenvalue weighted by Gasteiger charge is 2.46. The van der Waals surface area contributed by atoms with Gasteiger partial charge in [-0.2, -0.15) is 0 Å². The van der Waals surface area contributed by atoms with Crippen LogP contribution in [0.4, 0.5) is 0 Å². The van der Waals surface area contributed by atoms with Crippen LogP contribution in [0.3, 0.4) is 0 Å². The minimum Gasteiger partial charge on any atom is -0.507 e. The molecule has 1 amide bonds. The summed E-state index contributed by atoms with van der Waals surface area (Å²) < 4.78 is 0.851. The highest BCUT2D eigenvalue weighted by Crippen LogP contribution is 2.41. The van der Waals surface area contributed by atoms with Gasteiger partial charge in [-0.25, -0.2) is 0 Å². The number of benzene rings is 1. The van der Waals surface area contributed by atoms with E-state index in [1.807, 2.05) is 64.0 Å². The third-order valence-corrected chi connectivity index (χ3v) is 6.13. The number of nitrogens with one attached hydrogen (secondary N) is 1. The lowest BCUT2D eigenvalue weighted by Crippen LogP contribution is -2.32. The molecule has 0 bridgehead atoms. The summed E-state index contributed by atoms with van der Waals surface area (Å²) in [6.45, 7) is 6.90. The zero-order valence-corrected chi connectivity index (χ0v) is 19.6. The van der Waals surface area contributed by atoms with Crippen LogP contribution in [0.2, 0.25) is 0 Å². The quantitative estimate of drug-likeness (QED) is 0.376. The van der Waals surface area contributed by atoms with Gasteiger partial charge in [-0.3, -0.25) is 9.59 Å². The number of ketones is 1. The third kappa shape index (κ3) is 4.09. The molecule has 1 fully saturated rings. The number of hydrogen-bond donors (Lipinski definition) is 2. The van der Waals surface area contributed by atoms with Gasteiger partial charge in [-0.05, 0) is 71.1 Å². The molecule has 0 saturated carbocycles. The lowest BCUT2D eigenvalue weighted by atomic mass is 9.94. The summed E-state index contributed by atoms with van der Waals surface area (Å²) in [6.07, 6.45) is 0.728. The SMILES string of the molecule is Cc1[nH]c(C)c(/C(O)=C2\C(=O)C(=O)N(CCCN(C)C)C2c2cccc(Br)c2)c1C. The molecule has 1 aliphatic heterocycles. The number of H-pyrrole nitrogens is 1. The van der Waals surface area contributed by atoms with Crippen molar-refractivity contribution in [1.29, 1.82) is 0 Å². The summed E-state index contributed by atoms with van der Waals surface area (Å²) >= 11 is 3.48. The largest absolute Gasteiger partial charge is 0.507 e. The Morgan fingerprint density at radius 2 is 1.90 bits per heavy atom. The van der Waals surface area contributed by atoms with E-state index in [9.17, 15) is 14.7 Å². The molecule has 0 radical (unpaired) electrons. The van der Waals surface area contributed by atoms with Crippen LogP contribution in [0.25, 0.3) is 5.76 Å². The monoisotopic (exact) mass is 473 g/mol. The van der Waals surface area contributed by atoms with E-state index in [1.165, 1.54) is 0 Å². The van der Waals surface area contributed by atoms with Crippen molar-refractivity contribution in [3.8, 4) is 0 Å². The van der Waals surface area contributed by atoms with Crippen molar-refractivity contribution in [1.82, 2.24) is 14.8 Å². The minimum atomic E-state index is -0.639. The van der Waals surface area contributed by atoms with E-state index in [-0.39, 0.29) is 11.3 Å². The predicted molar refractivity (Wildman–Crippen MR) is 121 cm³/mol.